The molecule has 8 nitrogen and oxygen atoms in total. The van der Waals surface area contributed by atoms with Crippen LogP contribution in [0.15, 0.2) is 340 Å². The van der Waals surface area contributed by atoms with Crippen molar-refractivity contribution in [2.24, 2.45) is 0 Å². The van der Waals surface area contributed by atoms with Gasteiger partial charge in [0.25, 0.3) is 0 Å². The summed E-state index contributed by atoms with van der Waals surface area (Å²) >= 11 is 9.66. The molecule has 22 aromatic rings. The number of rotatable bonds is 7. The first-order chi connectivity index (χ1) is 51.0. The molecule has 8 heterocycles. The normalized spacial score (nSPS) is 11.6. The van der Waals surface area contributed by atoms with E-state index in [-0.39, 0.29) is 7.43 Å². The van der Waals surface area contributed by atoms with E-state index < -0.39 is 0 Å². The van der Waals surface area contributed by atoms with Crippen LogP contribution in [-0.4, -0.2) is 38.6 Å². The molecule has 0 aliphatic rings. The molecular formula is C93H61ClN8S2. The molecule has 0 saturated carbocycles. The van der Waals surface area contributed by atoms with E-state index in [9.17, 15) is 0 Å². The quantitative estimate of drug-likeness (QED) is 0.172. The summed E-state index contributed by atoms with van der Waals surface area (Å²) in [4.78, 5) is 23.7. The number of nitrogens with one attached hydrogen (secondary N) is 1. The maximum Gasteiger partial charge on any atom is 0.160 e. The van der Waals surface area contributed by atoms with Crippen LogP contribution in [0.25, 0.3) is 190 Å². The Morgan fingerprint density at radius 1 is 0.260 bits per heavy atom. The Morgan fingerprint density at radius 2 is 0.596 bits per heavy atom. The van der Waals surface area contributed by atoms with E-state index in [2.05, 4.69) is 273 Å². The Morgan fingerprint density at radius 3 is 1.07 bits per heavy atom. The van der Waals surface area contributed by atoms with Crippen molar-refractivity contribution < 1.29 is 0 Å². The van der Waals surface area contributed by atoms with Gasteiger partial charge in [-0.25, -0.2) is 19.9 Å². The lowest BCUT2D eigenvalue weighted by Gasteiger charge is -2.10. The van der Waals surface area contributed by atoms with Gasteiger partial charge in [0.05, 0.1) is 64.9 Å². The van der Waals surface area contributed by atoms with E-state index in [4.69, 9.17) is 31.5 Å². The fourth-order valence-corrected chi connectivity index (χ4v) is 17.8. The molecule has 0 unspecified atom stereocenters. The number of aromatic amines is 1. The second-order valence-electron chi connectivity index (χ2n) is 25.8. The van der Waals surface area contributed by atoms with Crippen molar-refractivity contribution in [3.8, 4) is 62.4 Å². The molecule has 0 fully saturated rings. The highest BCUT2D eigenvalue weighted by Crippen LogP contribution is 2.45. The molecule has 0 atom stereocenters. The van der Waals surface area contributed by atoms with E-state index in [0.717, 1.165) is 97.6 Å². The largest absolute Gasteiger partial charge is 0.355 e. The highest BCUT2D eigenvalue weighted by molar-refractivity contribution is 7.26. The monoisotopic (exact) mass is 1390 g/mol. The molecule has 11 heteroatoms. The average molecular weight is 1390 g/mol. The molecule has 0 amide bonds. The van der Waals surface area contributed by atoms with Crippen molar-refractivity contribution in [1.29, 1.82) is 0 Å². The third-order valence-corrected chi connectivity index (χ3v) is 22.3. The molecule has 0 bridgehead atoms. The van der Waals surface area contributed by atoms with Crippen LogP contribution in [0, 0.1) is 0 Å². The average Bonchev–Trinajstić information content (AvgIpc) is 1.59. The number of aromatic nitrogens is 8. The van der Waals surface area contributed by atoms with Crippen LogP contribution in [0.3, 0.4) is 0 Å². The molecule has 1 N–H and O–H groups in total. The maximum absolute atomic E-state index is 6.20. The minimum atomic E-state index is 0. The first-order valence-electron chi connectivity index (χ1n) is 34.4. The molecule has 14 aromatic carbocycles. The highest BCUT2D eigenvalue weighted by atomic mass is 35.5. The Balaban J connectivity index is 0.000000118. The van der Waals surface area contributed by atoms with Gasteiger partial charge in [0.2, 0.25) is 0 Å². The number of hydrogen-bond donors (Lipinski definition) is 1. The van der Waals surface area contributed by atoms with Gasteiger partial charge in [-0.15, -0.1) is 22.7 Å². The molecule has 104 heavy (non-hydrogen) atoms. The molecule has 0 aliphatic carbocycles. The third-order valence-electron chi connectivity index (χ3n) is 19.8. The predicted octanol–water partition coefficient (Wildman–Crippen LogP) is 26.3. The van der Waals surface area contributed by atoms with Crippen molar-refractivity contribution in [2.75, 3.05) is 0 Å². The second kappa shape index (κ2) is 25.7. The number of fused-ring (bicyclic) bond motifs is 18. The summed E-state index contributed by atoms with van der Waals surface area (Å²) in [7, 11) is 0. The number of para-hydroxylation sites is 6. The van der Waals surface area contributed by atoms with Gasteiger partial charge in [-0.2, -0.15) is 0 Å². The van der Waals surface area contributed by atoms with E-state index in [0.29, 0.717) is 0 Å². The number of thiophene rings is 2. The summed E-state index contributed by atoms with van der Waals surface area (Å²) in [5, 5.41) is 13.1. The van der Waals surface area contributed by atoms with Crippen LogP contribution < -0.4 is 0 Å². The first kappa shape index (κ1) is 62.2. The van der Waals surface area contributed by atoms with E-state index >= 15 is 0 Å². The van der Waals surface area contributed by atoms with Crippen molar-refractivity contribution in [1.82, 2.24) is 38.6 Å². The van der Waals surface area contributed by atoms with Gasteiger partial charge >= 0.3 is 0 Å². The summed E-state index contributed by atoms with van der Waals surface area (Å²) in [6.07, 6.45) is 0. The smallest absolute Gasteiger partial charge is 0.160 e. The number of benzene rings is 14. The third kappa shape index (κ3) is 10.5. The fourth-order valence-electron chi connectivity index (χ4n) is 15.2. The zero-order chi connectivity index (χ0) is 68.1. The van der Waals surface area contributed by atoms with Crippen molar-refractivity contribution in [3.63, 3.8) is 0 Å². The summed E-state index contributed by atoms with van der Waals surface area (Å²) in [6, 6.07) is 119. The fraction of sp³-hybridized carbons (Fsp3) is 0.0108. The van der Waals surface area contributed by atoms with Gasteiger partial charge in [0, 0.05) is 119 Å². The van der Waals surface area contributed by atoms with Gasteiger partial charge in [-0.3, -0.25) is 0 Å². The lowest BCUT2D eigenvalue weighted by Crippen LogP contribution is -1.95. The van der Waals surface area contributed by atoms with Crippen LogP contribution in [0.2, 0.25) is 5.02 Å². The maximum atomic E-state index is 6.20. The van der Waals surface area contributed by atoms with Gasteiger partial charge < -0.3 is 18.7 Å². The standard InChI is InChI=1S/C46H28N4S.C24H16N2.C22H13ClN2S.CH4/c1-3-13-29(14-4-1)43-45-44(48-46(47-43)30-15-5-2-6-16-30)36-25-23-32(28-42(36)51-45)50-40-22-12-9-19-35(40)37-27-31(24-26-41(37)50)49-38-20-10-7-17-33(38)34-18-8-11-21-39(34)49;1-4-10-21-17(7-1)20-15-16(13-14-22(20)25-21)26-23-11-5-2-8-18(23)19-9-3-6-12-24(19)26;23-16-11-12-17-18(13-16)26-21-19(14-7-3-1-4-8-14)24-22(25-20(17)21)15-9-5-2-6-10-15;/h1-28H;1-15,25H;1-13H;1H4. The number of nitrogens with zero attached hydrogens (tertiary/aromatic N) is 7. The lowest BCUT2D eigenvalue weighted by molar-refractivity contribution is 1.17. The Hall–Kier alpha value is -12.8. The summed E-state index contributed by atoms with van der Waals surface area (Å²) in [5.74, 6) is 1.48. The summed E-state index contributed by atoms with van der Waals surface area (Å²) in [5.41, 5.74) is 21.2. The van der Waals surface area contributed by atoms with E-state index in [1.807, 2.05) is 84.9 Å². The Labute approximate surface area is 610 Å². The highest BCUT2D eigenvalue weighted by Gasteiger charge is 2.22. The second-order valence-corrected chi connectivity index (χ2v) is 28.4. The van der Waals surface area contributed by atoms with E-state index in [1.54, 1.807) is 22.7 Å². The van der Waals surface area contributed by atoms with Crippen molar-refractivity contribution >= 4 is 162 Å². The van der Waals surface area contributed by atoms with Gasteiger partial charge in [0.1, 0.15) is 0 Å². The zero-order valence-electron chi connectivity index (χ0n) is 55.2. The van der Waals surface area contributed by atoms with E-state index in [1.165, 1.54) is 97.6 Å². The van der Waals surface area contributed by atoms with Crippen LogP contribution in [0.4, 0.5) is 0 Å². The van der Waals surface area contributed by atoms with Gasteiger partial charge in [-0.1, -0.05) is 250 Å². The molecule has 0 radical (unpaired) electrons. The molecule has 22 rings (SSSR count). The van der Waals surface area contributed by atoms with Crippen LogP contribution in [-0.2, 0) is 0 Å². The lowest BCUT2D eigenvalue weighted by atomic mass is 10.1. The van der Waals surface area contributed by atoms with Crippen LogP contribution in [0.1, 0.15) is 7.43 Å². The molecule has 0 spiro atoms. The SMILES string of the molecule is C.Clc1ccc2c(c1)sc1c(-c3ccccc3)nc(-c3ccccc3)nc12.c1ccc(-c2nc(-c3ccccc3)c3sc4cc(-n5c6ccccc6c6cc(-n7c8ccccc8c8ccccc87)ccc65)ccc4c3n2)cc1.c1ccc2c(c1)[nH]c1ccc(-n3c4ccccc4c4ccccc43)cc12. The zero-order valence-corrected chi connectivity index (χ0v) is 57.5. The Bertz CT molecular complexity index is 6970. The number of hydrogen-bond acceptors (Lipinski definition) is 6. The van der Waals surface area contributed by atoms with Gasteiger partial charge in [0.15, 0.2) is 11.6 Å². The van der Waals surface area contributed by atoms with Crippen LogP contribution >= 0.6 is 34.3 Å². The molecule has 0 aliphatic heterocycles. The van der Waals surface area contributed by atoms with Crippen LogP contribution in [0.5, 0.6) is 0 Å². The summed E-state index contributed by atoms with van der Waals surface area (Å²) in [6.45, 7) is 0. The molecular weight excluding hydrogens is 1330 g/mol. The van der Waals surface area contributed by atoms with Crippen molar-refractivity contribution in [2.45, 2.75) is 7.43 Å². The molecule has 492 valence electrons. The first-order valence-corrected chi connectivity index (χ1v) is 36.4. The minimum Gasteiger partial charge on any atom is -0.355 e. The number of H-pyrrole nitrogens is 1. The Kier molecular flexibility index (Phi) is 15.3. The predicted molar refractivity (Wildman–Crippen MR) is 442 cm³/mol. The minimum absolute atomic E-state index is 0. The molecule has 8 aromatic heterocycles. The summed E-state index contributed by atoms with van der Waals surface area (Å²) < 4.78 is 11.7. The van der Waals surface area contributed by atoms with Crippen molar-refractivity contribution in [3.05, 3.63) is 345 Å². The topological polar surface area (TPSA) is 82.1 Å². The van der Waals surface area contributed by atoms with Gasteiger partial charge in [-0.05, 0) is 109 Å². The molecule has 0 saturated heterocycles. The number of halogens is 1.